The van der Waals surface area contributed by atoms with E-state index >= 15 is 0 Å². The Bertz CT molecular complexity index is 1960. The van der Waals surface area contributed by atoms with Gasteiger partial charge in [0.2, 0.25) is 0 Å². The van der Waals surface area contributed by atoms with E-state index in [4.69, 9.17) is 12.2 Å². The van der Waals surface area contributed by atoms with Gasteiger partial charge in [-0.1, -0.05) is 62.0 Å². The van der Waals surface area contributed by atoms with Crippen molar-refractivity contribution in [3.63, 3.8) is 0 Å². The van der Waals surface area contributed by atoms with Gasteiger partial charge >= 0.3 is 5.97 Å². The first-order valence-corrected chi connectivity index (χ1v) is 14.7. The second-order valence-electron chi connectivity index (χ2n) is 8.54. The standard InChI is InChI=1S/C26H27N3O4S4/c1-5-7-12-28-20(23-27(6-2)21(32)16(4)35-23)26(34)37-24(28)25-29(14-19(30)31)22(33)18(36-25)13-17-10-8-15(3)9-11-17/h8-11,13H,4-7,12,14H2,1-3H3,(H,30,31)/b18-13?,23-20+,25-24+. The lowest BCUT2D eigenvalue weighted by Crippen LogP contribution is -2.29. The predicted octanol–water partition coefficient (Wildman–Crippen LogP) is 3.75. The van der Waals surface area contributed by atoms with Gasteiger partial charge in [-0.15, -0.1) is 34.0 Å². The van der Waals surface area contributed by atoms with Crippen LogP contribution in [0.1, 0.15) is 37.8 Å². The van der Waals surface area contributed by atoms with Gasteiger partial charge in [0.05, 0.1) is 9.06 Å². The summed E-state index contributed by atoms with van der Waals surface area (Å²) < 4.78 is 8.50. The Morgan fingerprint density at radius 1 is 1.00 bits per heavy atom. The average molecular weight is 574 g/mol. The highest BCUT2D eigenvalue weighted by atomic mass is 32.1. The second kappa shape index (κ2) is 11.3. The lowest BCUT2D eigenvalue weighted by Gasteiger charge is -2.04. The molecule has 0 aliphatic heterocycles. The van der Waals surface area contributed by atoms with Crippen molar-refractivity contribution in [3.05, 3.63) is 88.3 Å². The van der Waals surface area contributed by atoms with Crippen LogP contribution in [0, 0.1) is 30.1 Å². The van der Waals surface area contributed by atoms with Crippen LogP contribution in [0.3, 0.4) is 0 Å². The van der Waals surface area contributed by atoms with Crippen molar-refractivity contribution in [2.75, 3.05) is 0 Å². The van der Waals surface area contributed by atoms with Crippen molar-refractivity contribution in [1.82, 2.24) is 13.7 Å². The van der Waals surface area contributed by atoms with E-state index in [0.29, 0.717) is 30.6 Å². The minimum absolute atomic E-state index is 0.138. The van der Waals surface area contributed by atoms with E-state index in [-0.39, 0.29) is 11.1 Å². The van der Waals surface area contributed by atoms with Crippen LogP contribution in [0.2, 0.25) is 0 Å². The SMILES string of the molecule is C=c1s/c(=c2\c(=S)s/c(=c3/sc(=Cc4ccc(C)cc4)c(=O)n3CC(=O)O)n2CCCC)n(CC)c1=O. The van der Waals surface area contributed by atoms with E-state index in [2.05, 4.69) is 13.5 Å². The molecule has 4 rings (SSSR count). The first kappa shape index (κ1) is 27.2. The van der Waals surface area contributed by atoms with Crippen molar-refractivity contribution in [2.24, 2.45) is 0 Å². The molecule has 1 aromatic carbocycles. The van der Waals surface area contributed by atoms with Crippen LogP contribution in [0.5, 0.6) is 0 Å². The Morgan fingerprint density at radius 2 is 1.68 bits per heavy atom. The molecule has 194 valence electrons. The number of hydrogen-bond donors (Lipinski definition) is 1. The number of aliphatic carboxylic acids is 1. The first-order chi connectivity index (χ1) is 17.7. The van der Waals surface area contributed by atoms with Crippen molar-refractivity contribution in [3.8, 4) is 0 Å². The number of benzene rings is 1. The molecule has 7 nitrogen and oxygen atoms in total. The maximum absolute atomic E-state index is 13.4. The number of carboxylic acids is 1. The topological polar surface area (TPSA) is 86.2 Å². The second-order valence-corrected chi connectivity index (χ2v) is 12.3. The summed E-state index contributed by atoms with van der Waals surface area (Å²) in [6.07, 6.45) is 3.57. The Kier molecular flexibility index (Phi) is 8.27. The third-order valence-corrected chi connectivity index (χ3v) is 9.57. The smallest absolute Gasteiger partial charge is 0.323 e. The Morgan fingerprint density at radius 3 is 2.30 bits per heavy atom. The highest BCUT2D eigenvalue weighted by Gasteiger charge is 2.14. The van der Waals surface area contributed by atoms with Gasteiger partial charge in [0.25, 0.3) is 11.1 Å². The molecule has 0 radical (unpaired) electrons. The van der Waals surface area contributed by atoms with E-state index in [1.165, 1.54) is 38.6 Å². The first-order valence-electron chi connectivity index (χ1n) is 11.8. The van der Waals surface area contributed by atoms with E-state index < -0.39 is 12.5 Å². The Balaban J connectivity index is 2.25. The number of aryl methyl sites for hydroxylation is 1. The van der Waals surface area contributed by atoms with Gasteiger partial charge < -0.3 is 9.67 Å². The molecule has 1 N–H and O–H groups in total. The summed E-state index contributed by atoms with van der Waals surface area (Å²) in [5.41, 5.74) is 1.48. The minimum Gasteiger partial charge on any atom is -0.480 e. The monoisotopic (exact) mass is 573 g/mol. The molecule has 0 saturated heterocycles. The zero-order valence-electron chi connectivity index (χ0n) is 20.8. The molecule has 4 aromatic rings. The summed E-state index contributed by atoms with van der Waals surface area (Å²) in [7, 11) is 0. The van der Waals surface area contributed by atoms with Crippen LogP contribution in [0.15, 0.2) is 33.9 Å². The largest absolute Gasteiger partial charge is 0.480 e. The Labute approximate surface area is 229 Å². The fourth-order valence-corrected chi connectivity index (χ4v) is 7.90. The molecule has 0 unspecified atom stereocenters. The molecular formula is C26H27N3O4S4. The van der Waals surface area contributed by atoms with Gasteiger partial charge in [-0.25, -0.2) is 0 Å². The summed E-state index contributed by atoms with van der Waals surface area (Å²) in [5, 5.41) is 10.4. The molecule has 37 heavy (non-hydrogen) atoms. The van der Waals surface area contributed by atoms with Crippen LogP contribution in [0.4, 0.5) is 0 Å². The summed E-state index contributed by atoms with van der Waals surface area (Å²) in [6, 6.07) is 7.79. The lowest BCUT2D eigenvalue weighted by atomic mass is 10.1. The molecule has 0 aliphatic carbocycles. The number of carbonyl (C=O) groups is 1. The molecule has 0 saturated carbocycles. The third-order valence-electron chi connectivity index (χ3n) is 5.86. The van der Waals surface area contributed by atoms with Gasteiger partial charge in [-0.3, -0.25) is 23.5 Å². The molecule has 3 heterocycles. The van der Waals surface area contributed by atoms with E-state index in [0.717, 1.165) is 38.6 Å². The summed E-state index contributed by atoms with van der Waals surface area (Å²) in [6.45, 7) is 10.5. The van der Waals surface area contributed by atoms with Gasteiger partial charge in [-0.2, -0.15) is 0 Å². The molecule has 0 amide bonds. The molecule has 0 fully saturated rings. The maximum Gasteiger partial charge on any atom is 0.323 e. The van der Waals surface area contributed by atoms with E-state index in [1.54, 1.807) is 10.6 Å². The van der Waals surface area contributed by atoms with Crippen LogP contribution < -0.4 is 20.2 Å². The fourth-order valence-electron chi connectivity index (χ4n) is 3.99. The van der Waals surface area contributed by atoms with E-state index in [1.807, 2.05) is 42.7 Å². The number of carboxylic acid groups (broad SMARTS) is 1. The zero-order valence-corrected chi connectivity index (χ0v) is 24.0. The number of rotatable bonds is 7. The van der Waals surface area contributed by atoms with Gasteiger partial charge in [0, 0.05) is 13.1 Å². The summed E-state index contributed by atoms with van der Waals surface area (Å²) >= 11 is 9.71. The molecule has 0 bridgehead atoms. The zero-order chi connectivity index (χ0) is 26.9. The van der Waals surface area contributed by atoms with Crippen LogP contribution in [-0.2, 0) is 24.4 Å². The van der Waals surface area contributed by atoms with Gasteiger partial charge in [0.15, 0.2) is 0 Å². The maximum atomic E-state index is 13.4. The number of aromatic nitrogens is 3. The number of nitrogens with zero attached hydrogens (tertiary/aromatic N) is 3. The number of thiazole rings is 3. The Hall–Kier alpha value is -2.86. The van der Waals surface area contributed by atoms with Crippen molar-refractivity contribution >= 4 is 64.9 Å². The quantitative estimate of drug-likeness (QED) is 0.341. The van der Waals surface area contributed by atoms with E-state index in [9.17, 15) is 19.5 Å². The molecule has 3 aromatic heterocycles. The van der Waals surface area contributed by atoms with Crippen molar-refractivity contribution < 1.29 is 9.90 Å². The van der Waals surface area contributed by atoms with Gasteiger partial charge in [0.1, 0.15) is 29.7 Å². The molecule has 0 spiro atoms. The van der Waals surface area contributed by atoms with Crippen LogP contribution >= 0.6 is 46.2 Å². The average Bonchev–Trinajstić information content (AvgIpc) is 3.44. The van der Waals surface area contributed by atoms with Crippen LogP contribution in [0.25, 0.3) is 12.7 Å². The number of unbranched alkanes of at least 4 members (excludes halogenated alkanes) is 1. The lowest BCUT2D eigenvalue weighted by molar-refractivity contribution is -0.137. The molecule has 11 heteroatoms. The predicted molar refractivity (Wildman–Crippen MR) is 153 cm³/mol. The molecular weight excluding hydrogens is 547 g/mol. The summed E-state index contributed by atoms with van der Waals surface area (Å²) in [5.74, 6) is -1.10. The summed E-state index contributed by atoms with van der Waals surface area (Å²) in [4.78, 5) is 37.8. The minimum atomic E-state index is -1.10. The molecule has 0 atom stereocenters. The van der Waals surface area contributed by atoms with Gasteiger partial charge in [-0.05, 0) is 31.9 Å². The normalized spacial score (nSPS) is 13.9. The molecule has 0 aliphatic rings. The third kappa shape index (κ3) is 5.40. The highest BCUT2D eigenvalue weighted by molar-refractivity contribution is 7.73. The number of hydrogen-bond acceptors (Lipinski definition) is 7. The van der Waals surface area contributed by atoms with Crippen molar-refractivity contribution in [2.45, 2.75) is 53.2 Å². The fraction of sp³-hybridized carbons (Fsp3) is 0.308. The van der Waals surface area contributed by atoms with Crippen LogP contribution in [-0.4, -0.2) is 24.8 Å². The highest BCUT2D eigenvalue weighted by Crippen LogP contribution is 2.16. The van der Waals surface area contributed by atoms with Crippen molar-refractivity contribution in [1.29, 1.82) is 0 Å².